The van der Waals surface area contributed by atoms with Crippen molar-refractivity contribution in [3.63, 3.8) is 0 Å². The van der Waals surface area contributed by atoms with Crippen LogP contribution in [0.25, 0.3) is 0 Å². The van der Waals surface area contributed by atoms with Crippen molar-refractivity contribution in [1.82, 2.24) is 4.90 Å². The van der Waals surface area contributed by atoms with E-state index in [1.54, 1.807) is 16.7 Å². The SMILES string of the molecule is C[C@@]12CCC(=O)N1[C@@H](C(=O)OCCOc1ccc(Br)cc1)CS2. The van der Waals surface area contributed by atoms with Crippen LogP contribution in [0.15, 0.2) is 28.7 Å². The molecule has 0 bridgehead atoms. The Morgan fingerprint density at radius 3 is 2.87 bits per heavy atom. The number of halogens is 1. The summed E-state index contributed by atoms with van der Waals surface area (Å²) in [4.78, 5) is 25.7. The van der Waals surface area contributed by atoms with Crippen LogP contribution < -0.4 is 4.74 Å². The van der Waals surface area contributed by atoms with Crippen LogP contribution in [-0.4, -0.2) is 46.7 Å². The number of fused-ring (bicyclic) bond motifs is 1. The lowest BCUT2D eigenvalue weighted by atomic mass is 10.2. The van der Waals surface area contributed by atoms with Gasteiger partial charge in [-0.2, -0.15) is 0 Å². The topological polar surface area (TPSA) is 55.8 Å². The maximum atomic E-state index is 12.2. The number of thioether (sulfide) groups is 1. The van der Waals surface area contributed by atoms with E-state index in [1.807, 2.05) is 31.2 Å². The van der Waals surface area contributed by atoms with Crippen molar-refractivity contribution in [3.8, 4) is 5.75 Å². The summed E-state index contributed by atoms with van der Waals surface area (Å²) < 4.78 is 11.8. The van der Waals surface area contributed by atoms with Gasteiger partial charge >= 0.3 is 5.97 Å². The third-order valence-corrected chi connectivity index (χ3v) is 6.16. The van der Waals surface area contributed by atoms with Crippen LogP contribution in [0.4, 0.5) is 0 Å². The Morgan fingerprint density at radius 1 is 1.39 bits per heavy atom. The molecule has 23 heavy (non-hydrogen) atoms. The molecule has 0 radical (unpaired) electrons. The number of ether oxygens (including phenoxy) is 2. The van der Waals surface area contributed by atoms with Gasteiger partial charge in [0.05, 0.1) is 4.87 Å². The number of nitrogens with zero attached hydrogens (tertiary/aromatic N) is 1. The molecule has 124 valence electrons. The van der Waals surface area contributed by atoms with Gasteiger partial charge in [-0.25, -0.2) is 4.79 Å². The second-order valence-corrected chi connectivity index (χ2v) is 8.15. The van der Waals surface area contributed by atoms with E-state index in [-0.39, 0.29) is 23.4 Å². The zero-order valence-corrected chi connectivity index (χ0v) is 15.2. The predicted molar refractivity (Wildman–Crippen MR) is 91.3 cm³/mol. The fourth-order valence-corrected chi connectivity index (χ4v) is 4.60. The monoisotopic (exact) mass is 399 g/mol. The standard InChI is InChI=1S/C16H18BrNO4S/c1-16-7-6-14(19)18(16)13(10-23-16)15(20)22-9-8-21-12-4-2-11(17)3-5-12/h2-5,13H,6-10H2,1H3/t13-,16-/m1/s1. The largest absolute Gasteiger partial charge is 0.490 e. The lowest BCUT2D eigenvalue weighted by Gasteiger charge is -2.29. The van der Waals surface area contributed by atoms with Gasteiger partial charge in [0, 0.05) is 16.6 Å². The number of esters is 1. The molecule has 2 saturated heterocycles. The van der Waals surface area contributed by atoms with Gasteiger partial charge in [-0.05, 0) is 37.6 Å². The molecule has 0 unspecified atom stereocenters. The van der Waals surface area contributed by atoms with E-state index in [2.05, 4.69) is 15.9 Å². The number of benzene rings is 1. The summed E-state index contributed by atoms with van der Waals surface area (Å²) in [5.74, 6) is 1.04. The molecule has 1 amide bonds. The first-order valence-corrected chi connectivity index (χ1v) is 9.29. The van der Waals surface area contributed by atoms with Crippen LogP contribution >= 0.6 is 27.7 Å². The van der Waals surface area contributed by atoms with Gasteiger partial charge in [-0.15, -0.1) is 11.8 Å². The molecule has 0 N–H and O–H groups in total. The number of carbonyl (C=O) groups is 2. The molecule has 2 atom stereocenters. The highest BCUT2D eigenvalue weighted by molar-refractivity contribution is 9.10. The Kier molecular flexibility index (Phi) is 4.87. The maximum Gasteiger partial charge on any atom is 0.329 e. The van der Waals surface area contributed by atoms with Crippen molar-refractivity contribution in [1.29, 1.82) is 0 Å². The van der Waals surface area contributed by atoms with Gasteiger partial charge in [0.25, 0.3) is 0 Å². The number of hydrogen-bond donors (Lipinski definition) is 0. The number of carbonyl (C=O) groups excluding carboxylic acids is 2. The zero-order valence-electron chi connectivity index (χ0n) is 12.8. The second kappa shape index (κ2) is 6.73. The fourth-order valence-electron chi connectivity index (χ4n) is 2.92. The van der Waals surface area contributed by atoms with E-state index in [0.29, 0.717) is 18.8 Å². The van der Waals surface area contributed by atoms with Crippen molar-refractivity contribution in [2.24, 2.45) is 0 Å². The van der Waals surface area contributed by atoms with Crippen molar-refractivity contribution in [3.05, 3.63) is 28.7 Å². The van der Waals surface area contributed by atoms with E-state index in [4.69, 9.17) is 9.47 Å². The third-order valence-electron chi connectivity index (χ3n) is 4.13. The first-order chi connectivity index (χ1) is 11.0. The number of rotatable bonds is 5. The van der Waals surface area contributed by atoms with Crippen LogP contribution in [-0.2, 0) is 14.3 Å². The average molecular weight is 400 g/mol. The zero-order chi connectivity index (χ0) is 16.4. The lowest BCUT2D eigenvalue weighted by Crippen LogP contribution is -2.46. The molecule has 2 heterocycles. The summed E-state index contributed by atoms with van der Waals surface area (Å²) in [7, 11) is 0. The minimum Gasteiger partial charge on any atom is -0.490 e. The van der Waals surface area contributed by atoms with Gasteiger partial charge in [0.2, 0.25) is 5.91 Å². The minimum absolute atomic E-state index is 0.0468. The predicted octanol–water partition coefficient (Wildman–Crippen LogP) is 2.83. The van der Waals surface area contributed by atoms with E-state index in [9.17, 15) is 9.59 Å². The van der Waals surface area contributed by atoms with Crippen molar-refractivity contribution >= 4 is 39.6 Å². The Balaban J connectivity index is 1.46. The molecule has 2 aliphatic heterocycles. The molecule has 5 nitrogen and oxygen atoms in total. The summed E-state index contributed by atoms with van der Waals surface area (Å²) in [6.07, 6.45) is 1.31. The summed E-state index contributed by atoms with van der Waals surface area (Å²) >= 11 is 5.02. The smallest absolute Gasteiger partial charge is 0.329 e. The summed E-state index contributed by atoms with van der Waals surface area (Å²) in [5, 5.41) is 0. The van der Waals surface area contributed by atoms with Crippen molar-refractivity contribution in [2.45, 2.75) is 30.7 Å². The van der Waals surface area contributed by atoms with Crippen LogP contribution in [0, 0.1) is 0 Å². The molecule has 2 aliphatic rings. The third kappa shape index (κ3) is 3.50. The molecule has 7 heteroatoms. The molecule has 3 rings (SSSR count). The van der Waals surface area contributed by atoms with E-state index in [0.717, 1.165) is 16.6 Å². The minimum atomic E-state index is -0.465. The van der Waals surface area contributed by atoms with Gasteiger partial charge in [0.15, 0.2) is 0 Å². The second-order valence-electron chi connectivity index (χ2n) is 5.74. The first kappa shape index (κ1) is 16.6. The Bertz CT molecular complexity index is 609. The van der Waals surface area contributed by atoms with Gasteiger partial charge < -0.3 is 14.4 Å². The average Bonchev–Trinajstić information content (AvgIpc) is 3.02. The van der Waals surface area contributed by atoms with E-state index < -0.39 is 6.04 Å². The van der Waals surface area contributed by atoms with Gasteiger partial charge in [-0.3, -0.25) is 4.79 Å². The molecule has 1 aromatic carbocycles. The summed E-state index contributed by atoms with van der Waals surface area (Å²) in [6, 6.07) is 6.99. The number of amides is 1. The Hall–Kier alpha value is -1.21. The van der Waals surface area contributed by atoms with Crippen molar-refractivity contribution < 1.29 is 19.1 Å². The molecule has 0 saturated carbocycles. The summed E-state index contributed by atoms with van der Waals surface area (Å²) in [6.45, 7) is 2.49. The quantitative estimate of drug-likeness (QED) is 0.562. The van der Waals surface area contributed by atoms with Crippen LogP contribution in [0.3, 0.4) is 0 Å². The van der Waals surface area contributed by atoms with Crippen LogP contribution in [0.5, 0.6) is 5.75 Å². The molecule has 0 aliphatic carbocycles. The number of hydrogen-bond acceptors (Lipinski definition) is 5. The van der Waals surface area contributed by atoms with Gasteiger partial charge in [-0.1, -0.05) is 15.9 Å². The molecule has 0 spiro atoms. The highest BCUT2D eigenvalue weighted by Crippen LogP contribution is 2.47. The van der Waals surface area contributed by atoms with Gasteiger partial charge in [0.1, 0.15) is 25.0 Å². The summed E-state index contributed by atoms with van der Waals surface area (Å²) in [5.41, 5.74) is 0. The van der Waals surface area contributed by atoms with E-state index >= 15 is 0 Å². The molecule has 1 aromatic rings. The highest BCUT2D eigenvalue weighted by Gasteiger charge is 2.53. The Labute approximate surface area is 147 Å². The van der Waals surface area contributed by atoms with E-state index in [1.165, 1.54) is 0 Å². The molecular weight excluding hydrogens is 382 g/mol. The van der Waals surface area contributed by atoms with Crippen molar-refractivity contribution in [2.75, 3.05) is 19.0 Å². The highest BCUT2D eigenvalue weighted by atomic mass is 79.9. The fraction of sp³-hybridized carbons (Fsp3) is 0.500. The lowest BCUT2D eigenvalue weighted by molar-refractivity contribution is -0.154. The molecule has 2 fully saturated rings. The molecule has 0 aromatic heterocycles. The Morgan fingerprint density at radius 2 is 2.13 bits per heavy atom. The first-order valence-electron chi connectivity index (χ1n) is 7.51. The maximum absolute atomic E-state index is 12.2. The molecular formula is C16H18BrNO4S. The van der Waals surface area contributed by atoms with Crippen LogP contribution in [0.1, 0.15) is 19.8 Å². The van der Waals surface area contributed by atoms with Crippen LogP contribution in [0.2, 0.25) is 0 Å². The normalized spacial score (nSPS) is 26.3.